The first kappa shape index (κ1) is 14.8. The molecule has 1 fully saturated rings. The second-order valence-electron chi connectivity index (χ2n) is 5.79. The zero-order chi connectivity index (χ0) is 15.7. The number of aromatic nitrogens is 1. The van der Waals surface area contributed by atoms with Gasteiger partial charge in [-0.05, 0) is 44.4 Å². The van der Waals surface area contributed by atoms with Crippen LogP contribution in [0.25, 0.3) is 0 Å². The monoisotopic (exact) mass is 302 g/mol. The van der Waals surface area contributed by atoms with Crippen LogP contribution in [-0.4, -0.2) is 22.5 Å². The average molecular weight is 302 g/mol. The van der Waals surface area contributed by atoms with E-state index in [1.54, 1.807) is 12.1 Å². The molecule has 1 saturated heterocycles. The molecule has 0 saturated carbocycles. The molecule has 2 heterocycles. The van der Waals surface area contributed by atoms with E-state index in [0.29, 0.717) is 6.42 Å². The largest absolute Gasteiger partial charge is 0.361 e. The average Bonchev–Trinajstić information content (AvgIpc) is 3.08. The van der Waals surface area contributed by atoms with E-state index in [1.165, 1.54) is 12.1 Å². The normalized spacial score (nSPS) is 18.0. The summed E-state index contributed by atoms with van der Waals surface area (Å²) >= 11 is 0. The minimum atomic E-state index is -0.286. The van der Waals surface area contributed by atoms with Gasteiger partial charge in [-0.3, -0.25) is 4.79 Å². The molecule has 4 nitrogen and oxygen atoms in total. The van der Waals surface area contributed by atoms with Gasteiger partial charge in [-0.1, -0.05) is 17.3 Å². The summed E-state index contributed by atoms with van der Waals surface area (Å²) in [6.45, 7) is 4.54. The number of hydrogen-bond acceptors (Lipinski definition) is 3. The molecule has 22 heavy (non-hydrogen) atoms. The van der Waals surface area contributed by atoms with Gasteiger partial charge in [0.05, 0.1) is 18.2 Å². The van der Waals surface area contributed by atoms with E-state index in [1.807, 2.05) is 18.7 Å². The van der Waals surface area contributed by atoms with Crippen molar-refractivity contribution in [2.45, 2.75) is 39.2 Å². The molecule has 0 bridgehead atoms. The molecule has 1 aromatic carbocycles. The second-order valence-corrected chi connectivity index (χ2v) is 5.79. The molecule has 1 aliphatic rings. The summed E-state index contributed by atoms with van der Waals surface area (Å²) in [5.41, 5.74) is 2.71. The highest BCUT2D eigenvalue weighted by molar-refractivity contribution is 5.79. The highest BCUT2D eigenvalue weighted by Gasteiger charge is 2.33. The Labute approximate surface area is 128 Å². The number of hydrogen-bond donors (Lipinski definition) is 0. The summed E-state index contributed by atoms with van der Waals surface area (Å²) in [5, 5.41) is 3.99. The molecule has 0 N–H and O–H groups in total. The van der Waals surface area contributed by atoms with Crippen LogP contribution in [0.3, 0.4) is 0 Å². The number of halogens is 1. The van der Waals surface area contributed by atoms with E-state index in [9.17, 15) is 9.18 Å². The van der Waals surface area contributed by atoms with Gasteiger partial charge < -0.3 is 9.42 Å². The number of benzene rings is 1. The summed E-state index contributed by atoms with van der Waals surface area (Å²) in [4.78, 5) is 14.5. The van der Waals surface area contributed by atoms with Crippen molar-refractivity contribution in [3.05, 3.63) is 52.7 Å². The van der Waals surface area contributed by atoms with Gasteiger partial charge in [0.25, 0.3) is 0 Å². The topological polar surface area (TPSA) is 46.3 Å². The Morgan fingerprint density at radius 1 is 1.36 bits per heavy atom. The zero-order valence-corrected chi connectivity index (χ0v) is 12.8. The molecule has 1 aliphatic heterocycles. The third kappa shape index (κ3) is 2.75. The molecule has 0 aliphatic carbocycles. The first-order chi connectivity index (χ1) is 10.6. The van der Waals surface area contributed by atoms with Crippen molar-refractivity contribution in [3.8, 4) is 0 Å². The molecule has 0 radical (unpaired) electrons. The van der Waals surface area contributed by atoms with Gasteiger partial charge >= 0.3 is 0 Å². The molecule has 3 rings (SSSR count). The second kappa shape index (κ2) is 5.91. The lowest BCUT2D eigenvalue weighted by molar-refractivity contribution is -0.131. The molecule has 0 spiro atoms. The number of carbonyl (C=O) groups is 1. The fourth-order valence-electron chi connectivity index (χ4n) is 3.21. The van der Waals surface area contributed by atoms with Gasteiger partial charge in [0.2, 0.25) is 5.91 Å². The highest BCUT2D eigenvalue weighted by atomic mass is 19.1. The van der Waals surface area contributed by atoms with E-state index >= 15 is 0 Å². The van der Waals surface area contributed by atoms with E-state index in [-0.39, 0.29) is 17.8 Å². The fourth-order valence-corrected chi connectivity index (χ4v) is 3.21. The molecular formula is C17H19FN2O2. The lowest BCUT2D eigenvalue weighted by Gasteiger charge is -2.25. The van der Waals surface area contributed by atoms with E-state index < -0.39 is 0 Å². The SMILES string of the molecule is Cc1noc(C)c1C1CCCN1C(=O)Cc1ccc(F)cc1. The predicted octanol–water partition coefficient (Wildman–Crippen LogP) is 3.34. The van der Waals surface area contributed by atoms with Crippen molar-refractivity contribution >= 4 is 5.91 Å². The Balaban J connectivity index is 1.78. The van der Waals surface area contributed by atoms with Crippen molar-refractivity contribution < 1.29 is 13.7 Å². The van der Waals surface area contributed by atoms with Crippen LogP contribution in [0.4, 0.5) is 4.39 Å². The lowest BCUT2D eigenvalue weighted by atomic mass is 10.0. The number of likely N-dealkylation sites (tertiary alicyclic amines) is 1. The summed E-state index contributed by atoms with van der Waals surface area (Å²) in [6.07, 6.45) is 2.20. The van der Waals surface area contributed by atoms with E-state index in [4.69, 9.17) is 4.52 Å². The van der Waals surface area contributed by atoms with Crippen molar-refractivity contribution in [1.82, 2.24) is 10.1 Å². The number of amides is 1. The summed E-state index contributed by atoms with van der Waals surface area (Å²) in [6, 6.07) is 6.14. The third-order valence-corrected chi connectivity index (χ3v) is 4.26. The zero-order valence-electron chi connectivity index (χ0n) is 12.8. The Hall–Kier alpha value is -2.17. The van der Waals surface area contributed by atoms with Crippen LogP contribution in [-0.2, 0) is 11.2 Å². The van der Waals surface area contributed by atoms with Gasteiger partial charge in [-0.2, -0.15) is 0 Å². The van der Waals surface area contributed by atoms with Gasteiger partial charge in [-0.25, -0.2) is 4.39 Å². The third-order valence-electron chi connectivity index (χ3n) is 4.26. The molecule has 1 unspecified atom stereocenters. The summed E-state index contributed by atoms with van der Waals surface area (Å²) in [7, 11) is 0. The minimum absolute atomic E-state index is 0.0409. The van der Waals surface area contributed by atoms with Crippen LogP contribution in [0, 0.1) is 19.7 Å². The first-order valence-corrected chi connectivity index (χ1v) is 7.53. The van der Waals surface area contributed by atoms with E-state index in [2.05, 4.69) is 5.16 Å². The van der Waals surface area contributed by atoms with Crippen molar-refractivity contribution in [3.63, 3.8) is 0 Å². The molecule has 2 aromatic rings. The molecule has 1 aromatic heterocycles. The van der Waals surface area contributed by atoms with Crippen LogP contribution in [0.1, 0.15) is 41.5 Å². The van der Waals surface area contributed by atoms with Gasteiger partial charge in [0.1, 0.15) is 11.6 Å². The maximum atomic E-state index is 12.9. The minimum Gasteiger partial charge on any atom is -0.361 e. The number of aryl methyl sites for hydroxylation is 2. The smallest absolute Gasteiger partial charge is 0.227 e. The molecule has 1 amide bonds. The van der Waals surface area contributed by atoms with Gasteiger partial charge in [0.15, 0.2) is 0 Å². The Bertz CT molecular complexity index is 659. The Morgan fingerprint density at radius 2 is 2.09 bits per heavy atom. The molecule has 1 atom stereocenters. The maximum Gasteiger partial charge on any atom is 0.227 e. The summed E-state index contributed by atoms with van der Waals surface area (Å²) in [5.74, 6) is 0.559. The van der Waals surface area contributed by atoms with E-state index in [0.717, 1.165) is 42.0 Å². The van der Waals surface area contributed by atoms with Crippen molar-refractivity contribution in [1.29, 1.82) is 0 Å². The van der Waals surface area contributed by atoms with Crippen molar-refractivity contribution in [2.75, 3.05) is 6.54 Å². The standard InChI is InChI=1S/C17H19FN2O2/c1-11-17(12(2)22-19-11)15-4-3-9-20(15)16(21)10-13-5-7-14(18)8-6-13/h5-8,15H,3-4,9-10H2,1-2H3. The molecule has 116 valence electrons. The number of carbonyl (C=O) groups excluding carboxylic acids is 1. The number of rotatable bonds is 3. The Morgan fingerprint density at radius 3 is 2.73 bits per heavy atom. The first-order valence-electron chi connectivity index (χ1n) is 7.53. The van der Waals surface area contributed by atoms with Crippen LogP contribution in [0.15, 0.2) is 28.8 Å². The van der Waals surface area contributed by atoms with Crippen LogP contribution < -0.4 is 0 Å². The van der Waals surface area contributed by atoms with Crippen LogP contribution in [0.2, 0.25) is 0 Å². The lowest BCUT2D eigenvalue weighted by Crippen LogP contribution is -2.32. The van der Waals surface area contributed by atoms with Crippen molar-refractivity contribution in [2.24, 2.45) is 0 Å². The number of nitrogens with zero attached hydrogens (tertiary/aromatic N) is 2. The van der Waals surface area contributed by atoms with Crippen LogP contribution in [0.5, 0.6) is 0 Å². The molecular weight excluding hydrogens is 283 g/mol. The quantitative estimate of drug-likeness (QED) is 0.873. The Kier molecular flexibility index (Phi) is 3.96. The molecule has 5 heteroatoms. The summed E-state index contributed by atoms with van der Waals surface area (Å²) < 4.78 is 18.2. The highest BCUT2D eigenvalue weighted by Crippen LogP contribution is 2.35. The fraction of sp³-hybridized carbons (Fsp3) is 0.412. The predicted molar refractivity (Wildman–Crippen MR) is 79.8 cm³/mol. The van der Waals surface area contributed by atoms with Gasteiger partial charge in [0, 0.05) is 12.1 Å². The maximum absolute atomic E-state index is 12.9. The van der Waals surface area contributed by atoms with Gasteiger partial charge in [-0.15, -0.1) is 0 Å². The van der Waals surface area contributed by atoms with Crippen LogP contribution >= 0.6 is 0 Å².